The number of phenolic OH excluding ortho intramolecular Hbond substituents is 1. The summed E-state index contributed by atoms with van der Waals surface area (Å²) >= 11 is 9.90. The molecule has 0 aliphatic carbocycles. The Hall–Kier alpha value is -3.55. The largest absolute Gasteiger partial charge is 0.507 e. The van der Waals surface area contributed by atoms with Gasteiger partial charge in [-0.2, -0.15) is 5.10 Å². The molecule has 0 atom stereocenters. The molecule has 0 aromatic heterocycles. The Morgan fingerprint density at radius 3 is 2.49 bits per heavy atom. The summed E-state index contributed by atoms with van der Waals surface area (Å²) in [4.78, 5) is 12.6. The van der Waals surface area contributed by atoms with Gasteiger partial charge in [-0.25, -0.2) is 5.43 Å². The molecule has 0 unspecified atom stereocenters. The lowest BCUT2D eigenvalue weighted by Crippen LogP contribution is -2.17. The van der Waals surface area contributed by atoms with Crippen molar-refractivity contribution < 1.29 is 19.4 Å². The Balaban J connectivity index is 1.48. The van der Waals surface area contributed by atoms with Gasteiger partial charge >= 0.3 is 0 Å². The fourth-order valence-corrected chi connectivity index (χ4v) is 3.98. The van der Waals surface area contributed by atoms with Crippen molar-refractivity contribution in [1.29, 1.82) is 0 Å². The molecule has 0 heterocycles. The zero-order valence-electron chi connectivity index (χ0n) is 18.8. The van der Waals surface area contributed by atoms with Gasteiger partial charge in [0.2, 0.25) is 0 Å². The van der Waals surface area contributed by atoms with E-state index in [4.69, 9.17) is 21.1 Å². The molecule has 0 aliphatic heterocycles. The quantitative estimate of drug-likeness (QED) is 0.188. The minimum Gasteiger partial charge on any atom is -0.507 e. The van der Waals surface area contributed by atoms with Crippen LogP contribution in [0.3, 0.4) is 0 Å². The molecule has 0 saturated carbocycles. The number of hydrogen-bond acceptors (Lipinski definition) is 5. The van der Waals surface area contributed by atoms with Gasteiger partial charge in [-0.15, -0.1) is 0 Å². The van der Waals surface area contributed by atoms with Crippen LogP contribution in [0.2, 0.25) is 5.02 Å². The Morgan fingerprint density at radius 1 is 1.06 bits per heavy atom. The van der Waals surface area contributed by atoms with Crippen LogP contribution in [-0.2, 0) is 6.61 Å². The first-order chi connectivity index (χ1) is 16.9. The summed E-state index contributed by atoms with van der Waals surface area (Å²) in [5.41, 5.74) is 4.16. The first kappa shape index (κ1) is 24.6. The lowest BCUT2D eigenvalue weighted by atomic mass is 10.1. The lowest BCUT2D eigenvalue weighted by molar-refractivity contribution is 0.0952. The van der Waals surface area contributed by atoms with Gasteiger partial charge in [0.05, 0.1) is 23.4 Å². The molecule has 0 saturated heterocycles. The third-order valence-electron chi connectivity index (χ3n) is 5.12. The molecule has 0 bridgehead atoms. The summed E-state index contributed by atoms with van der Waals surface area (Å²) in [6, 6.07) is 21.8. The van der Waals surface area contributed by atoms with Crippen LogP contribution in [0.5, 0.6) is 17.2 Å². The number of fused-ring (bicyclic) bond motifs is 1. The average Bonchev–Trinajstić information content (AvgIpc) is 2.84. The zero-order valence-corrected chi connectivity index (χ0v) is 21.1. The van der Waals surface area contributed by atoms with E-state index in [-0.39, 0.29) is 11.3 Å². The van der Waals surface area contributed by atoms with Crippen molar-refractivity contribution >= 4 is 50.4 Å². The molecule has 4 aromatic rings. The maximum atomic E-state index is 12.6. The van der Waals surface area contributed by atoms with E-state index in [0.717, 1.165) is 20.8 Å². The molecule has 4 rings (SSSR count). The summed E-state index contributed by atoms with van der Waals surface area (Å²) in [5.74, 6) is 0.246. The van der Waals surface area contributed by atoms with Gasteiger partial charge < -0.3 is 14.6 Å². The molecule has 178 valence electrons. The van der Waals surface area contributed by atoms with Gasteiger partial charge in [-0.3, -0.25) is 4.79 Å². The van der Waals surface area contributed by atoms with Crippen molar-refractivity contribution in [3.63, 3.8) is 0 Å². The lowest BCUT2D eigenvalue weighted by Gasteiger charge is -2.14. The van der Waals surface area contributed by atoms with E-state index >= 15 is 0 Å². The molecular formula is C27H22BrClN2O4. The van der Waals surface area contributed by atoms with E-state index in [1.165, 1.54) is 6.21 Å². The number of ether oxygens (including phenoxy) is 2. The summed E-state index contributed by atoms with van der Waals surface area (Å²) < 4.78 is 12.6. The van der Waals surface area contributed by atoms with Crippen LogP contribution in [0.25, 0.3) is 10.8 Å². The zero-order chi connectivity index (χ0) is 24.8. The molecular weight excluding hydrogens is 532 g/mol. The van der Waals surface area contributed by atoms with Crippen molar-refractivity contribution in [3.05, 3.63) is 99.0 Å². The molecule has 2 N–H and O–H groups in total. The summed E-state index contributed by atoms with van der Waals surface area (Å²) in [6.45, 7) is 2.61. The highest BCUT2D eigenvalue weighted by Gasteiger charge is 2.14. The molecule has 1 amide bonds. The number of aromatic hydroxyl groups is 1. The highest BCUT2D eigenvalue weighted by atomic mass is 79.9. The predicted molar refractivity (Wildman–Crippen MR) is 142 cm³/mol. The predicted octanol–water partition coefficient (Wildman–Crippen LogP) is 6.70. The smallest absolute Gasteiger partial charge is 0.275 e. The maximum Gasteiger partial charge on any atom is 0.275 e. The number of amides is 1. The highest BCUT2D eigenvalue weighted by Crippen LogP contribution is 2.37. The number of hydrogen-bond donors (Lipinski definition) is 2. The van der Waals surface area contributed by atoms with Crippen molar-refractivity contribution in [2.45, 2.75) is 13.5 Å². The second-order valence-electron chi connectivity index (χ2n) is 7.59. The first-order valence-electron chi connectivity index (χ1n) is 10.8. The van der Waals surface area contributed by atoms with Crippen LogP contribution in [0.4, 0.5) is 0 Å². The van der Waals surface area contributed by atoms with Crippen LogP contribution in [0.1, 0.15) is 28.4 Å². The average molecular weight is 554 g/mol. The van der Waals surface area contributed by atoms with E-state index in [0.29, 0.717) is 35.3 Å². The number of halogens is 2. The molecule has 6 nitrogen and oxygen atoms in total. The Bertz CT molecular complexity index is 1390. The Labute approximate surface area is 216 Å². The molecule has 8 heteroatoms. The first-order valence-corrected chi connectivity index (χ1v) is 12.0. The number of carbonyl (C=O) groups excluding carboxylic acids is 1. The maximum absolute atomic E-state index is 12.6. The van der Waals surface area contributed by atoms with Gasteiger partial charge in [-0.1, -0.05) is 63.9 Å². The Morgan fingerprint density at radius 2 is 1.77 bits per heavy atom. The number of rotatable bonds is 8. The van der Waals surface area contributed by atoms with Crippen LogP contribution in [-0.4, -0.2) is 23.8 Å². The summed E-state index contributed by atoms with van der Waals surface area (Å²) in [7, 11) is 0. The van der Waals surface area contributed by atoms with Gasteiger partial charge in [-0.05, 0) is 65.2 Å². The van der Waals surface area contributed by atoms with Crippen molar-refractivity contribution in [3.8, 4) is 17.2 Å². The van der Waals surface area contributed by atoms with Crippen LogP contribution in [0.15, 0.2) is 82.4 Å². The van der Waals surface area contributed by atoms with Gasteiger partial charge in [0.15, 0.2) is 11.5 Å². The van der Waals surface area contributed by atoms with Crippen molar-refractivity contribution in [2.24, 2.45) is 5.10 Å². The molecule has 35 heavy (non-hydrogen) atoms. The van der Waals surface area contributed by atoms with Gasteiger partial charge in [0, 0.05) is 4.47 Å². The normalized spacial score (nSPS) is 11.1. The van der Waals surface area contributed by atoms with E-state index < -0.39 is 5.91 Å². The molecule has 0 aliphatic rings. The fourth-order valence-electron chi connectivity index (χ4n) is 3.44. The number of hydrazone groups is 1. The topological polar surface area (TPSA) is 80.2 Å². The summed E-state index contributed by atoms with van der Waals surface area (Å²) in [5, 5.41) is 16.3. The second-order valence-corrected chi connectivity index (χ2v) is 8.92. The van der Waals surface area contributed by atoms with Gasteiger partial charge in [0.1, 0.15) is 12.4 Å². The molecule has 0 spiro atoms. The van der Waals surface area contributed by atoms with E-state index in [1.807, 2.05) is 55.5 Å². The number of nitrogens with one attached hydrogen (secondary N) is 1. The standard InChI is InChI=1S/C27H22BrClN2O4/c1-2-34-25-12-18(11-23(29)26(25)35-16-17-7-9-21(28)10-8-17)15-30-31-27(33)22-13-19-5-3-4-6-20(19)14-24(22)32/h3-15,32H,2,16H2,1H3,(H,31,33). The second kappa shape index (κ2) is 11.3. The van der Waals surface area contributed by atoms with Crippen LogP contribution in [0, 0.1) is 0 Å². The molecule has 0 radical (unpaired) electrons. The van der Waals surface area contributed by atoms with Crippen molar-refractivity contribution in [2.75, 3.05) is 6.61 Å². The third-order valence-corrected chi connectivity index (χ3v) is 5.93. The Kier molecular flexibility index (Phi) is 7.90. The monoisotopic (exact) mass is 552 g/mol. The van der Waals surface area contributed by atoms with Crippen LogP contribution >= 0.6 is 27.5 Å². The molecule has 0 fully saturated rings. The minimum atomic E-state index is -0.532. The summed E-state index contributed by atoms with van der Waals surface area (Å²) in [6.07, 6.45) is 1.45. The molecule has 4 aromatic carbocycles. The SMILES string of the molecule is CCOc1cc(C=NNC(=O)c2cc3ccccc3cc2O)cc(Cl)c1OCc1ccc(Br)cc1. The number of phenols is 1. The van der Waals surface area contributed by atoms with E-state index in [2.05, 4.69) is 26.5 Å². The van der Waals surface area contributed by atoms with E-state index in [1.54, 1.807) is 24.3 Å². The number of carbonyl (C=O) groups is 1. The fraction of sp³-hybridized carbons (Fsp3) is 0.111. The van der Waals surface area contributed by atoms with Crippen molar-refractivity contribution in [1.82, 2.24) is 5.43 Å². The number of nitrogens with zero attached hydrogens (tertiary/aromatic N) is 1. The van der Waals surface area contributed by atoms with Crippen LogP contribution < -0.4 is 14.9 Å². The minimum absolute atomic E-state index is 0.120. The number of benzene rings is 4. The third kappa shape index (κ3) is 6.12. The van der Waals surface area contributed by atoms with E-state index in [9.17, 15) is 9.90 Å². The van der Waals surface area contributed by atoms with Gasteiger partial charge in [0.25, 0.3) is 5.91 Å². The highest BCUT2D eigenvalue weighted by molar-refractivity contribution is 9.10.